The molecule has 2 N–H and O–H groups in total. The Kier molecular flexibility index (Phi) is 6.65. The summed E-state index contributed by atoms with van der Waals surface area (Å²) in [6.07, 6.45) is 1.43. The van der Waals surface area contributed by atoms with Crippen molar-refractivity contribution in [3.63, 3.8) is 0 Å². The maximum atomic E-state index is 12.2. The van der Waals surface area contributed by atoms with Crippen LogP contribution in [0.3, 0.4) is 0 Å². The van der Waals surface area contributed by atoms with E-state index in [1.54, 1.807) is 24.3 Å². The number of halogens is 1. The summed E-state index contributed by atoms with van der Waals surface area (Å²) in [6, 6.07) is 9.54. The number of benzene rings is 2. The van der Waals surface area contributed by atoms with Gasteiger partial charge in [0.15, 0.2) is 11.5 Å². The van der Waals surface area contributed by atoms with Gasteiger partial charge < -0.3 is 14.6 Å². The third-order valence-electron chi connectivity index (χ3n) is 3.16. The number of phenolic OH excluding ortho intramolecular Hbond substituents is 1. The third kappa shape index (κ3) is 5.12. The van der Waals surface area contributed by atoms with Crippen LogP contribution in [0.4, 0.5) is 0 Å². The number of nitrogens with zero attached hydrogens (tertiary/aromatic N) is 1. The Morgan fingerprint density at radius 2 is 1.88 bits per heavy atom. The number of hydrazone groups is 1. The average molecular weight is 363 g/mol. The van der Waals surface area contributed by atoms with E-state index < -0.39 is 0 Å². The van der Waals surface area contributed by atoms with Crippen molar-refractivity contribution >= 4 is 23.7 Å². The van der Waals surface area contributed by atoms with E-state index in [0.717, 1.165) is 0 Å². The number of amides is 1. The maximum absolute atomic E-state index is 12.2. The molecule has 6 nitrogen and oxygen atoms in total. The van der Waals surface area contributed by atoms with Crippen molar-refractivity contribution in [3.8, 4) is 17.2 Å². The van der Waals surface area contributed by atoms with Gasteiger partial charge in [-0.15, -0.1) is 0 Å². The summed E-state index contributed by atoms with van der Waals surface area (Å²) in [6.45, 7) is 4.70. The summed E-state index contributed by atoms with van der Waals surface area (Å²) in [4.78, 5) is 12.2. The van der Waals surface area contributed by atoms with Gasteiger partial charge in [-0.05, 0) is 55.8 Å². The van der Waals surface area contributed by atoms with Crippen LogP contribution >= 0.6 is 11.6 Å². The molecule has 2 rings (SSSR count). The van der Waals surface area contributed by atoms with Crippen molar-refractivity contribution in [2.75, 3.05) is 13.2 Å². The van der Waals surface area contributed by atoms with Crippen LogP contribution in [0.1, 0.15) is 29.8 Å². The van der Waals surface area contributed by atoms with Crippen LogP contribution in [0.25, 0.3) is 0 Å². The second kappa shape index (κ2) is 8.94. The molecule has 25 heavy (non-hydrogen) atoms. The number of hydrogen-bond acceptors (Lipinski definition) is 5. The largest absolute Gasteiger partial charge is 0.506 e. The Balaban J connectivity index is 2.08. The molecule has 0 fully saturated rings. The first-order valence-electron chi connectivity index (χ1n) is 7.76. The minimum Gasteiger partial charge on any atom is -0.506 e. The summed E-state index contributed by atoms with van der Waals surface area (Å²) in [5.41, 5.74) is 3.47. The predicted octanol–water partition coefficient (Wildman–Crippen LogP) is 3.61. The van der Waals surface area contributed by atoms with E-state index in [0.29, 0.717) is 35.8 Å². The van der Waals surface area contributed by atoms with E-state index in [2.05, 4.69) is 10.5 Å². The molecular formula is C18H19ClN2O4. The van der Waals surface area contributed by atoms with Gasteiger partial charge in [-0.2, -0.15) is 5.10 Å². The monoisotopic (exact) mass is 362 g/mol. The van der Waals surface area contributed by atoms with E-state index >= 15 is 0 Å². The molecule has 0 heterocycles. The van der Waals surface area contributed by atoms with E-state index in [1.165, 1.54) is 18.3 Å². The number of carbonyl (C=O) groups excluding carboxylic acids is 1. The van der Waals surface area contributed by atoms with Gasteiger partial charge in [-0.3, -0.25) is 4.79 Å². The van der Waals surface area contributed by atoms with E-state index in [-0.39, 0.29) is 16.7 Å². The van der Waals surface area contributed by atoms with Crippen LogP contribution < -0.4 is 14.9 Å². The summed E-state index contributed by atoms with van der Waals surface area (Å²) >= 11 is 5.81. The van der Waals surface area contributed by atoms with Gasteiger partial charge >= 0.3 is 0 Å². The molecule has 0 saturated carbocycles. The fourth-order valence-corrected chi connectivity index (χ4v) is 2.21. The minimum absolute atomic E-state index is 0.0132. The van der Waals surface area contributed by atoms with E-state index in [4.69, 9.17) is 21.1 Å². The first kappa shape index (κ1) is 18.6. The van der Waals surface area contributed by atoms with E-state index in [9.17, 15) is 9.90 Å². The minimum atomic E-state index is -0.384. The molecule has 0 bridgehead atoms. The fraction of sp³-hybridized carbons (Fsp3) is 0.222. The summed E-state index contributed by atoms with van der Waals surface area (Å²) < 4.78 is 11.0. The number of hydrogen-bond donors (Lipinski definition) is 2. The number of aromatic hydroxyl groups is 1. The maximum Gasteiger partial charge on any atom is 0.271 e. The highest BCUT2D eigenvalue weighted by atomic mass is 35.5. The molecule has 2 aromatic carbocycles. The Bertz CT molecular complexity index is 778. The lowest BCUT2D eigenvalue weighted by molar-refractivity contribution is 0.0954. The second-order valence-corrected chi connectivity index (χ2v) is 5.34. The zero-order valence-corrected chi connectivity index (χ0v) is 14.7. The molecule has 0 unspecified atom stereocenters. The highest BCUT2D eigenvalue weighted by molar-refractivity contribution is 6.32. The van der Waals surface area contributed by atoms with Gasteiger partial charge in [0.25, 0.3) is 5.91 Å². The fourth-order valence-electron chi connectivity index (χ4n) is 2.03. The molecule has 2 aromatic rings. The highest BCUT2D eigenvalue weighted by Gasteiger charge is 2.11. The van der Waals surface area contributed by atoms with Crippen LogP contribution in [-0.4, -0.2) is 30.4 Å². The molecule has 0 atom stereocenters. The van der Waals surface area contributed by atoms with Crippen molar-refractivity contribution in [2.24, 2.45) is 5.10 Å². The number of nitrogens with one attached hydrogen (secondary N) is 1. The van der Waals surface area contributed by atoms with Crippen LogP contribution in [0.5, 0.6) is 17.2 Å². The number of ether oxygens (including phenoxy) is 2. The molecule has 0 saturated heterocycles. The zero-order chi connectivity index (χ0) is 18.2. The standard InChI is InChI=1S/C18H19ClN2O4/c1-3-24-16-8-6-13(10-17(16)25-4-2)18(23)21-20-11-12-5-7-15(22)14(19)9-12/h5-11,22H,3-4H2,1-2H3,(H,21,23)/b20-11+. The molecule has 0 aliphatic rings. The van der Waals surface area contributed by atoms with Crippen LogP contribution in [0, 0.1) is 0 Å². The van der Waals surface area contributed by atoms with Crippen LogP contribution in [-0.2, 0) is 0 Å². The summed E-state index contributed by atoms with van der Waals surface area (Å²) in [5.74, 6) is 0.695. The highest BCUT2D eigenvalue weighted by Crippen LogP contribution is 2.28. The smallest absolute Gasteiger partial charge is 0.271 e. The van der Waals surface area contributed by atoms with Gasteiger partial charge in [0, 0.05) is 5.56 Å². The Morgan fingerprint density at radius 3 is 2.56 bits per heavy atom. The van der Waals surface area contributed by atoms with Gasteiger partial charge in [0.05, 0.1) is 24.5 Å². The van der Waals surface area contributed by atoms with Crippen LogP contribution in [0.15, 0.2) is 41.5 Å². The van der Waals surface area contributed by atoms with Crippen molar-refractivity contribution < 1.29 is 19.4 Å². The molecule has 0 aliphatic heterocycles. The molecular weight excluding hydrogens is 344 g/mol. The summed E-state index contributed by atoms with van der Waals surface area (Å²) in [5, 5.41) is 13.5. The molecule has 1 amide bonds. The van der Waals surface area contributed by atoms with Gasteiger partial charge in [0.2, 0.25) is 0 Å². The van der Waals surface area contributed by atoms with Crippen LogP contribution in [0.2, 0.25) is 5.02 Å². The number of rotatable bonds is 7. The Labute approximate surface area is 151 Å². The lowest BCUT2D eigenvalue weighted by Gasteiger charge is -2.11. The lowest BCUT2D eigenvalue weighted by Crippen LogP contribution is -2.17. The summed E-state index contributed by atoms with van der Waals surface area (Å²) in [7, 11) is 0. The molecule has 0 aliphatic carbocycles. The van der Waals surface area contributed by atoms with E-state index in [1.807, 2.05) is 13.8 Å². The lowest BCUT2D eigenvalue weighted by atomic mass is 10.2. The molecule has 132 valence electrons. The Hall–Kier alpha value is -2.73. The number of phenols is 1. The average Bonchev–Trinajstić information content (AvgIpc) is 2.60. The predicted molar refractivity (Wildman–Crippen MR) is 97.0 cm³/mol. The van der Waals surface area contributed by atoms with Gasteiger partial charge in [0.1, 0.15) is 5.75 Å². The zero-order valence-electron chi connectivity index (χ0n) is 14.0. The topological polar surface area (TPSA) is 80.2 Å². The van der Waals surface area contributed by atoms with Crippen molar-refractivity contribution in [3.05, 3.63) is 52.5 Å². The van der Waals surface area contributed by atoms with Crippen molar-refractivity contribution in [1.29, 1.82) is 0 Å². The second-order valence-electron chi connectivity index (χ2n) is 4.94. The quantitative estimate of drug-likeness (QED) is 0.582. The first-order valence-corrected chi connectivity index (χ1v) is 8.14. The Morgan fingerprint density at radius 1 is 1.16 bits per heavy atom. The van der Waals surface area contributed by atoms with Gasteiger partial charge in [-0.25, -0.2) is 5.43 Å². The van der Waals surface area contributed by atoms with Gasteiger partial charge in [-0.1, -0.05) is 11.6 Å². The first-order chi connectivity index (χ1) is 12.0. The molecule has 0 radical (unpaired) electrons. The normalized spacial score (nSPS) is 10.7. The molecule has 0 aromatic heterocycles. The molecule has 7 heteroatoms. The number of carbonyl (C=O) groups is 1. The third-order valence-corrected chi connectivity index (χ3v) is 3.46. The van der Waals surface area contributed by atoms with Crippen molar-refractivity contribution in [1.82, 2.24) is 5.43 Å². The molecule has 0 spiro atoms. The van der Waals surface area contributed by atoms with Crippen molar-refractivity contribution in [2.45, 2.75) is 13.8 Å². The SMILES string of the molecule is CCOc1ccc(C(=O)N/N=C/c2ccc(O)c(Cl)c2)cc1OCC.